The van der Waals surface area contributed by atoms with Crippen molar-refractivity contribution in [2.75, 3.05) is 20.3 Å². The Bertz CT molecular complexity index is 611. The SMILES string of the molecule is COCCN1C(=O)CC[C@@H](C(=O)NCc2c(C)nn(C)c2C)[C@H]1C. The van der Waals surface area contributed by atoms with E-state index < -0.39 is 0 Å². The van der Waals surface area contributed by atoms with Crippen molar-refractivity contribution in [1.29, 1.82) is 0 Å². The lowest BCUT2D eigenvalue weighted by Gasteiger charge is -2.38. The first-order valence-electron chi connectivity index (χ1n) is 8.42. The van der Waals surface area contributed by atoms with E-state index in [1.54, 1.807) is 12.0 Å². The molecule has 2 rings (SSSR count). The van der Waals surface area contributed by atoms with Crippen molar-refractivity contribution in [2.45, 2.75) is 46.2 Å². The topological polar surface area (TPSA) is 76.5 Å². The van der Waals surface area contributed by atoms with Crippen LogP contribution in [-0.2, 0) is 27.9 Å². The number of amides is 2. The van der Waals surface area contributed by atoms with Crippen LogP contribution in [0.15, 0.2) is 0 Å². The number of hydrogen-bond acceptors (Lipinski definition) is 4. The van der Waals surface area contributed by atoms with Crippen LogP contribution < -0.4 is 5.32 Å². The Morgan fingerprint density at radius 2 is 2.12 bits per heavy atom. The predicted molar refractivity (Wildman–Crippen MR) is 90.3 cm³/mol. The number of piperidine rings is 1. The van der Waals surface area contributed by atoms with Gasteiger partial charge in [0.15, 0.2) is 0 Å². The third kappa shape index (κ3) is 3.77. The Morgan fingerprint density at radius 1 is 1.42 bits per heavy atom. The summed E-state index contributed by atoms with van der Waals surface area (Å²) >= 11 is 0. The molecule has 134 valence electrons. The molecule has 0 radical (unpaired) electrons. The number of nitrogens with one attached hydrogen (secondary N) is 1. The second-order valence-corrected chi connectivity index (χ2v) is 6.46. The number of aromatic nitrogens is 2. The zero-order valence-electron chi connectivity index (χ0n) is 15.3. The van der Waals surface area contributed by atoms with Gasteiger partial charge in [-0.2, -0.15) is 5.10 Å². The maximum absolute atomic E-state index is 12.6. The lowest BCUT2D eigenvalue weighted by Crippen LogP contribution is -2.52. The van der Waals surface area contributed by atoms with E-state index in [0.717, 1.165) is 17.0 Å². The maximum atomic E-state index is 12.6. The minimum absolute atomic E-state index is 0.0000647. The van der Waals surface area contributed by atoms with Gasteiger partial charge >= 0.3 is 0 Å². The van der Waals surface area contributed by atoms with E-state index in [0.29, 0.717) is 32.5 Å². The summed E-state index contributed by atoms with van der Waals surface area (Å²) in [5.74, 6) is -0.0838. The second kappa shape index (κ2) is 7.79. The van der Waals surface area contributed by atoms with E-state index in [4.69, 9.17) is 4.74 Å². The Morgan fingerprint density at radius 3 is 2.71 bits per heavy atom. The van der Waals surface area contributed by atoms with E-state index >= 15 is 0 Å². The number of methoxy groups -OCH3 is 1. The number of nitrogens with zero attached hydrogens (tertiary/aromatic N) is 3. The van der Waals surface area contributed by atoms with Gasteiger partial charge in [-0.3, -0.25) is 14.3 Å². The lowest BCUT2D eigenvalue weighted by atomic mass is 9.89. The quantitative estimate of drug-likeness (QED) is 0.838. The fraction of sp³-hybridized carbons (Fsp3) is 0.706. The molecule has 0 bridgehead atoms. The predicted octanol–water partition coefficient (Wildman–Crippen LogP) is 0.927. The number of likely N-dealkylation sites (tertiary alicyclic amines) is 1. The Hall–Kier alpha value is -1.89. The monoisotopic (exact) mass is 336 g/mol. The van der Waals surface area contributed by atoms with Crippen LogP contribution in [-0.4, -0.2) is 52.8 Å². The maximum Gasteiger partial charge on any atom is 0.225 e. The van der Waals surface area contributed by atoms with Gasteiger partial charge in [-0.15, -0.1) is 0 Å². The summed E-state index contributed by atoms with van der Waals surface area (Å²) in [5.41, 5.74) is 3.05. The number of carbonyl (C=O) groups excluding carboxylic acids is 2. The van der Waals surface area contributed by atoms with Crippen LogP contribution in [0.3, 0.4) is 0 Å². The number of hydrogen-bond donors (Lipinski definition) is 1. The molecule has 1 aliphatic heterocycles. The standard InChI is InChI=1S/C17H28N4O3/c1-11-15(12(2)20(4)19-11)10-18-17(23)14-6-7-16(22)21(13(14)3)8-9-24-5/h13-14H,6-10H2,1-5H3,(H,18,23)/t13-,14-/m1/s1. The van der Waals surface area contributed by atoms with Crippen LogP contribution in [0.1, 0.15) is 36.7 Å². The number of aryl methyl sites for hydroxylation is 2. The molecule has 0 saturated carbocycles. The average Bonchev–Trinajstić information content (AvgIpc) is 2.78. The van der Waals surface area contributed by atoms with Crippen molar-refractivity contribution in [2.24, 2.45) is 13.0 Å². The second-order valence-electron chi connectivity index (χ2n) is 6.46. The first kappa shape index (κ1) is 18.4. The van der Waals surface area contributed by atoms with Crippen molar-refractivity contribution in [1.82, 2.24) is 20.0 Å². The molecule has 1 aliphatic rings. The average molecular weight is 336 g/mol. The lowest BCUT2D eigenvalue weighted by molar-refractivity contribution is -0.143. The Balaban J connectivity index is 1.99. The number of rotatable bonds is 6. The fourth-order valence-corrected chi connectivity index (χ4v) is 3.36. The van der Waals surface area contributed by atoms with Gasteiger partial charge in [0.25, 0.3) is 0 Å². The van der Waals surface area contributed by atoms with Crippen LogP contribution in [0.5, 0.6) is 0 Å². The third-order valence-electron chi connectivity index (χ3n) is 5.03. The normalized spacial score (nSPS) is 21.2. The molecule has 0 aliphatic carbocycles. The summed E-state index contributed by atoms with van der Waals surface area (Å²) in [7, 11) is 3.51. The van der Waals surface area contributed by atoms with E-state index in [9.17, 15) is 9.59 Å². The minimum Gasteiger partial charge on any atom is -0.383 e. The first-order valence-corrected chi connectivity index (χ1v) is 8.42. The van der Waals surface area contributed by atoms with Crippen molar-refractivity contribution in [3.63, 3.8) is 0 Å². The smallest absolute Gasteiger partial charge is 0.225 e. The fourth-order valence-electron chi connectivity index (χ4n) is 3.36. The molecule has 0 aromatic carbocycles. The molecule has 24 heavy (non-hydrogen) atoms. The minimum atomic E-state index is -0.183. The number of carbonyl (C=O) groups is 2. The molecular formula is C17H28N4O3. The number of ether oxygens (including phenoxy) is 1. The highest BCUT2D eigenvalue weighted by molar-refractivity contribution is 5.84. The van der Waals surface area contributed by atoms with Gasteiger partial charge in [0, 0.05) is 51.0 Å². The molecule has 1 N–H and O–H groups in total. The zero-order chi connectivity index (χ0) is 17.9. The summed E-state index contributed by atoms with van der Waals surface area (Å²) in [6.07, 6.45) is 1.01. The molecule has 1 saturated heterocycles. The van der Waals surface area contributed by atoms with Crippen LogP contribution in [0, 0.1) is 19.8 Å². The van der Waals surface area contributed by atoms with Gasteiger partial charge in [0.1, 0.15) is 0 Å². The zero-order valence-corrected chi connectivity index (χ0v) is 15.3. The van der Waals surface area contributed by atoms with Crippen molar-refractivity contribution >= 4 is 11.8 Å². The van der Waals surface area contributed by atoms with Gasteiger partial charge in [0.05, 0.1) is 18.2 Å². The Kier molecular flexibility index (Phi) is 5.99. The highest BCUT2D eigenvalue weighted by Gasteiger charge is 2.36. The highest BCUT2D eigenvalue weighted by atomic mass is 16.5. The third-order valence-corrected chi connectivity index (χ3v) is 5.03. The van der Waals surface area contributed by atoms with Gasteiger partial charge in [-0.05, 0) is 27.2 Å². The first-order chi connectivity index (χ1) is 11.4. The summed E-state index contributed by atoms with van der Waals surface area (Å²) in [6.45, 7) is 7.37. The van der Waals surface area contributed by atoms with Crippen LogP contribution in [0.25, 0.3) is 0 Å². The molecule has 1 aromatic heterocycles. The van der Waals surface area contributed by atoms with Crippen LogP contribution >= 0.6 is 0 Å². The summed E-state index contributed by atoms with van der Waals surface area (Å²) in [6, 6.07) is -0.113. The van der Waals surface area contributed by atoms with Gasteiger partial charge in [-0.25, -0.2) is 0 Å². The van der Waals surface area contributed by atoms with Crippen molar-refractivity contribution < 1.29 is 14.3 Å². The molecule has 2 amide bonds. The van der Waals surface area contributed by atoms with Crippen molar-refractivity contribution in [3.05, 3.63) is 17.0 Å². The molecule has 0 spiro atoms. The van der Waals surface area contributed by atoms with Gasteiger partial charge in [0.2, 0.25) is 11.8 Å². The van der Waals surface area contributed by atoms with Crippen LogP contribution in [0.4, 0.5) is 0 Å². The summed E-state index contributed by atoms with van der Waals surface area (Å²) < 4.78 is 6.89. The summed E-state index contributed by atoms with van der Waals surface area (Å²) in [5, 5.41) is 7.39. The van der Waals surface area contributed by atoms with E-state index in [1.807, 2.05) is 32.5 Å². The molecule has 2 heterocycles. The summed E-state index contributed by atoms with van der Waals surface area (Å²) in [4.78, 5) is 26.5. The molecular weight excluding hydrogens is 308 g/mol. The van der Waals surface area contributed by atoms with Gasteiger partial charge in [-0.1, -0.05) is 0 Å². The molecule has 7 nitrogen and oxygen atoms in total. The Labute approximate surface area is 143 Å². The van der Waals surface area contributed by atoms with Crippen molar-refractivity contribution in [3.8, 4) is 0 Å². The molecule has 7 heteroatoms. The molecule has 1 aromatic rings. The largest absolute Gasteiger partial charge is 0.383 e. The highest BCUT2D eigenvalue weighted by Crippen LogP contribution is 2.25. The van der Waals surface area contributed by atoms with E-state index in [2.05, 4.69) is 10.4 Å². The molecule has 2 atom stereocenters. The van der Waals surface area contributed by atoms with E-state index in [1.165, 1.54) is 0 Å². The molecule has 0 unspecified atom stereocenters. The van der Waals surface area contributed by atoms with Gasteiger partial charge < -0.3 is 15.0 Å². The molecule has 1 fully saturated rings. The van der Waals surface area contributed by atoms with E-state index in [-0.39, 0.29) is 23.8 Å². The van der Waals surface area contributed by atoms with Crippen LogP contribution in [0.2, 0.25) is 0 Å².